The van der Waals surface area contributed by atoms with Crippen molar-refractivity contribution in [2.75, 3.05) is 14.2 Å². The lowest BCUT2D eigenvalue weighted by atomic mass is 9.86. The van der Waals surface area contributed by atoms with Crippen LogP contribution in [-0.4, -0.2) is 60.4 Å². The molecule has 0 aromatic heterocycles. The lowest BCUT2D eigenvalue weighted by Crippen LogP contribution is -2.35. The summed E-state index contributed by atoms with van der Waals surface area (Å²) >= 11 is 11.8. The third-order valence-corrected chi connectivity index (χ3v) is 10.9. The van der Waals surface area contributed by atoms with Crippen LogP contribution < -0.4 is 15.4 Å². The van der Waals surface area contributed by atoms with Crippen molar-refractivity contribution in [1.29, 1.82) is 0 Å². The van der Waals surface area contributed by atoms with Gasteiger partial charge in [-0.3, -0.25) is 9.59 Å². The normalized spacial score (nSPS) is 18.4. The first-order valence-corrected chi connectivity index (χ1v) is 20.5. The molecular weight excluding hydrogens is 795 g/mol. The molecule has 2 fully saturated rings. The SMILES string of the molecule is COC(=O)c1cc(Cl)cc(O)c1C.COC(=O)c1cc(Cl)cc(OC2CCC(C(=O)NCc3ccccc3)CC2)c1C.O=C(NCc1ccccc1)C1CCC(O)CC1. The quantitative estimate of drug-likeness (QED) is 0.115. The van der Waals surface area contributed by atoms with E-state index in [2.05, 4.69) is 15.4 Å². The van der Waals surface area contributed by atoms with Crippen LogP contribution in [0.2, 0.25) is 10.0 Å². The number of nitrogens with one attached hydrogen (secondary N) is 2. The molecule has 316 valence electrons. The summed E-state index contributed by atoms with van der Waals surface area (Å²) in [6, 6.07) is 26.0. The number of phenolic OH excluding ortho intramolecular Hbond substituents is 1. The standard InChI is InChI=1S/C23H26ClNO4.C14H19NO2.C9H9ClO3/c1-15-20(23(27)28-2)12-18(24)13-21(15)29-19-10-8-17(9-11-19)22(26)25-14-16-6-4-3-5-7-16;16-13-8-6-12(7-9-13)14(17)15-10-11-4-2-1-3-5-11;1-5-7(9(12)13-2)3-6(10)4-8(5)11/h3-7,12-13,17,19H,8-11,14H2,1-2H3,(H,25,26);1-5,12-13,16H,6-10H2,(H,15,17);3-4,11H,1-2H3. The van der Waals surface area contributed by atoms with Crippen molar-refractivity contribution in [1.82, 2.24) is 10.6 Å². The van der Waals surface area contributed by atoms with E-state index in [0.717, 1.165) is 62.5 Å². The van der Waals surface area contributed by atoms with Gasteiger partial charge in [-0.15, -0.1) is 0 Å². The van der Waals surface area contributed by atoms with Crippen molar-refractivity contribution in [3.8, 4) is 11.5 Å². The van der Waals surface area contributed by atoms with Gasteiger partial charge in [-0.25, -0.2) is 9.59 Å². The lowest BCUT2D eigenvalue weighted by Gasteiger charge is -2.29. The molecule has 0 spiro atoms. The molecular formula is C46H54Cl2N2O9. The van der Waals surface area contributed by atoms with Crippen LogP contribution in [0.5, 0.6) is 11.5 Å². The van der Waals surface area contributed by atoms with Crippen LogP contribution >= 0.6 is 23.2 Å². The summed E-state index contributed by atoms with van der Waals surface area (Å²) in [6.07, 6.45) is 6.02. The van der Waals surface area contributed by atoms with Gasteiger partial charge in [0, 0.05) is 46.1 Å². The second kappa shape index (κ2) is 23.5. The molecule has 2 aliphatic carbocycles. The zero-order chi connectivity index (χ0) is 42.9. The highest BCUT2D eigenvalue weighted by Gasteiger charge is 2.28. The van der Waals surface area contributed by atoms with E-state index in [1.807, 2.05) is 67.6 Å². The van der Waals surface area contributed by atoms with Crippen molar-refractivity contribution >= 4 is 47.0 Å². The second-order valence-corrected chi connectivity index (χ2v) is 15.5. The van der Waals surface area contributed by atoms with Crippen LogP contribution in [0.25, 0.3) is 0 Å². The fraction of sp³-hybridized carbons (Fsp3) is 0.391. The number of aliphatic hydroxyl groups is 1. The van der Waals surface area contributed by atoms with E-state index in [0.29, 0.717) is 45.6 Å². The molecule has 2 aliphatic rings. The van der Waals surface area contributed by atoms with Gasteiger partial charge in [0.1, 0.15) is 11.5 Å². The predicted octanol–water partition coefficient (Wildman–Crippen LogP) is 8.68. The highest BCUT2D eigenvalue weighted by atomic mass is 35.5. The lowest BCUT2D eigenvalue weighted by molar-refractivity contribution is -0.127. The van der Waals surface area contributed by atoms with Crippen molar-refractivity contribution in [2.45, 2.75) is 90.5 Å². The Labute approximate surface area is 356 Å². The molecule has 11 nitrogen and oxygen atoms in total. The largest absolute Gasteiger partial charge is 0.508 e. The van der Waals surface area contributed by atoms with Crippen LogP contribution in [0, 0.1) is 25.7 Å². The van der Waals surface area contributed by atoms with Gasteiger partial charge in [-0.2, -0.15) is 0 Å². The minimum absolute atomic E-state index is 0.00385. The Balaban J connectivity index is 0.000000216. The van der Waals surface area contributed by atoms with Crippen LogP contribution in [-0.2, 0) is 32.2 Å². The number of hydrogen-bond acceptors (Lipinski definition) is 9. The molecule has 4 N–H and O–H groups in total. The zero-order valence-electron chi connectivity index (χ0n) is 34.0. The third-order valence-electron chi connectivity index (χ3n) is 10.5. The van der Waals surface area contributed by atoms with E-state index in [9.17, 15) is 29.4 Å². The van der Waals surface area contributed by atoms with E-state index < -0.39 is 11.9 Å². The number of phenols is 1. The minimum atomic E-state index is -0.504. The topological polar surface area (TPSA) is 160 Å². The molecule has 4 aromatic rings. The Hall–Kier alpha value is -5.10. The maximum atomic E-state index is 12.5. The number of amides is 2. The van der Waals surface area contributed by atoms with Crippen molar-refractivity contribution < 1.29 is 43.6 Å². The van der Waals surface area contributed by atoms with Gasteiger partial charge in [0.25, 0.3) is 0 Å². The molecule has 0 heterocycles. The van der Waals surface area contributed by atoms with Gasteiger partial charge < -0.3 is 35.1 Å². The Morgan fingerprint density at radius 3 is 1.51 bits per heavy atom. The number of aliphatic hydroxyl groups excluding tert-OH is 1. The number of benzene rings is 4. The van der Waals surface area contributed by atoms with Gasteiger partial charge >= 0.3 is 11.9 Å². The van der Waals surface area contributed by atoms with E-state index >= 15 is 0 Å². The smallest absolute Gasteiger partial charge is 0.338 e. The summed E-state index contributed by atoms with van der Waals surface area (Å²) in [7, 11) is 2.62. The van der Waals surface area contributed by atoms with Crippen LogP contribution in [0.3, 0.4) is 0 Å². The molecule has 0 aliphatic heterocycles. The Kier molecular flexibility index (Phi) is 18.5. The first-order chi connectivity index (χ1) is 28.3. The molecule has 0 bridgehead atoms. The van der Waals surface area contributed by atoms with Crippen LogP contribution in [0.15, 0.2) is 84.9 Å². The molecule has 2 saturated carbocycles. The van der Waals surface area contributed by atoms with Gasteiger partial charge in [0.15, 0.2) is 0 Å². The first kappa shape index (κ1) is 46.6. The number of esters is 2. The van der Waals surface area contributed by atoms with Crippen LogP contribution in [0.1, 0.15) is 94.3 Å². The maximum Gasteiger partial charge on any atom is 0.338 e. The highest BCUT2D eigenvalue weighted by molar-refractivity contribution is 6.31. The summed E-state index contributed by atoms with van der Waals surface area (Å²) in [6.45, 7) is 4.59. The number of hydrogen-bond donors (Lipinski definition) is 4. The van der Waals surface area contributed by atoms with E-state index in [1.54, 1.807) is 19.1 Å². The molecule has 0 radical (unpaired) electrons. The molecule has 59 heavy (non-hydrogen) atoms. The summed E-state index contributed by atoms with van der Waals surface area (Å²) < 4.78 is 15.5. The Bertz CT molecular complexity index is 2000. The molecule has 0 atom stereocenters. The predicted molar refractivity (Wildman–Crippen MR) is 228 cm³/mol. The molecule has 0 unspecified atom stereocenters. The fourth-order valence-corrected chi connectivity index (χ4v) is 7.32. The number of rotatable bonds is 10. The summed E-state index contributed by atoms with van der Waals surface area (Å²) in [5, 5.41) is 25.4. The second-order valence-electron chi connectivity index (χ2n) is 14.7. The highest BCUT2D eigenvalue weighted by Crippen LogP contribution is 2.33. The summed E-state index contributed by atoms with van der Waals surface area (Å²) in [4.78, 5) is 47.4. The molecule has 0 saturated heterocycles. The maximum absolute atomic E-state index is 12.5. The zero-order valence-corrected chi connectivity index (χ0v) is 35.5. The number of aromatic hydroxyl groups is 1. The Morgan fingerprint density at radius 2 is 1.05 bits per heavy atom. The average molecular weight is 850 g/mol. The molecule has 13 heteroatoms. The number of halogens is 2. The van der Waals surface area contributed by atoms with Gasteiger partial charge in [-0.05, 0) is 101 Å². The van der Waals surface area contributed by atoms with E-state index in [4.69, 9.17) is 32.7 Å². The first-order valence-electron chi connectivity index (χ1n) is 19.7. The molecule has 2 amide bonds. The summed E-state index contributed by atoms with van der Waals surface area (Å²) in [5.41, 5.74) is 4.09. The van der Waals surface area contributed by atoms with Crippen LogP contribution in [0.4, 0.5) is 0 Å². The number of methoxy groups -OCH3 is 2. The van der Waals surface area contributed by atoms with Crippen molar-refractivity contribution in [3.63, 3.8) is 0 Å². The monoisotopic (exact) mass is 848 g/mol. The third kappa shape index (κ3) is 14.6. The van der Waals surface area contributed by atoms with Crippen molar-refractivity contribution in [3.05, 3.63) is 128 Å². The average Bonchev–Trinajstić information content (AvgIpc) is 3.25. The molecule has 4 aromatic carbocycles. The minimum Gasteiger partial charge on any atom is -0.508 e. The van der Waals surface area contributed by atoms with Gasteiger partial charge in [0.2, 0.25) is 11.8 Å². The van der Waals surface area contributed by atoms with Gasteiger partial charge in [0.05, 0.1) is 37.6 Å². The number of carbonyl (C=O) groups is 4. The number of carbonyl (C=O) groups excluding carboxylic acids is 4. The summed E-state index contributed by atoms with van der Waals surface area (Å²) in [5.74, 6) is -0.0431. The van der Waals surface area contributed by atoms with E-state index in [-0.39, 0.29) is 47.2 Å². The van der Waals surface area contributed by atoms with Gasteiger partial charge in [-0.1, -0.05) is 83.9 Å². The number of ether oxygens (including phenoxy) is 3. The van der Waals surface area contributed by atoms with E-state index in [1.165, 1.54) is 26.4 Å². The fourth-order valence-electron chi connectivity index (χ4n) is 6.90. The molecule has 6 rings (SSSR count). The Morgan fingerprint density at radius 1 is 0.627 bits per heavy atom. The van der Waals surface area contributed by atoms with Crippen molar-refractivity contribution in [2.24, 2.45) is 11.8 Å².